The fraction of sp³-hybridized carbons (Fsp3) is 0.464. The summed E-state index contributed by atoms with van der Waals surface area (Å²) in [5.74, 6) is -11.2. The Hall–Kier alpha value is -2.17. The summed E-state index contributed by atoms with van der Waals surface area (Å²) in [7, 11) is -24.4. The number of aromatic nitrogens is 1. The number of carbonyl (C=O) groups excluding carboxylic acids is 1. The molecule has 1 aliphatic carbocycles. The molecule has 0 amide bonds. The number of halogens is 1. The van der Waals surface area contributed by atoms with Gasteiger partial charge in [-0.25, -0.2) is 16.8 Å². The molecule has 0 aliphatic heterocycles. The van der Waals surface area contributed by atoms with E-state index in [4.69, 9.17) is 0 Å². The zero-order valence-corrected chi connectivity index (χ0v) is 32.8. The summed E-state index contributed by atoms with van der Waals surface area (Å²) in [6, 6.07) is 10.5. The molecule has 5 N–H and O–H groups in total. The minimum atomic E-state index is -5.06. The van der Waals surface area contributed by atoms with E-state index in [1.165, 1.54) is 18.2 Å². The first-order chi connectivity index (χ1) is 24.2. The average Bonchev–Trinajstić information content (AvgIpc) is 3.39. The number of carbonyl (C=O) groups is 1. The molecule has 0 saturated heterocycles. The number of thioether (sulfide) groups is 2. The third-order valence-corrected chi connectivity index (χ3v) is 16.8. The van der Waals surface area contributed by atoms with Crippen LogP contribution in [0.15, 0.2) is 59.5 Å². The maximum Gasteiger partial charge on any atom is 0.268 e. The smallest absolute Gasteiger partial charge is 0.268 e. The van der Waals surface area contributed by atoms with Crippen molar-refractivity contribution in [2.24, 2.45) is 11.8 Å². The van der Waals surface area contributed by atoms with Crippen LogP contribution in [0.1, 0.15) is 18.5 Å². The van der Waals surface area contributed by atoms with Crippen molar-refractivity contribution in [2.75, 3.05) is 34.5 Å². The van der Waals surface area contributed by atoms with Gasteiger partial charge in [0.15, 0.2) is 0 Å². The summed E-state index contributed by atoms with van der Waals surface area (Å²) in [4.78, 5) is 13.1. The monoisotopic (exact) mass is 883 g/mol. The van der Waals surface area contributed by atoms with E-state index in [-0.39, 0.29) is 10.9 Å². The Morgan fingerprint density at radius 1 is 0.717 bits per heavy atom. The van der Waals surface area contributed by atoms with Crippen LogP contribution in [0.5, 0.6) is 0 Å². The van der Waals surface area contributed by atoms with E-state index >= 15 is 0 Å². The first-order valence-electron chi connectivity index (χ1n) is 15.1. The molecular formula is C28H34FNO16S7. The van der Waals surface area contributed by atoms with Crippen LogP contribution in [0, 0.1) is 17.7 Å². The van der Waals surface area contributed by atoms with E-state index in [0.717, 1.165) is 36.4 Å². The van der Waals surface area contributed by atoms with E-state index in [9.17, 15) is 74.6 Å². The van der Waals surface area contributed by atoms with Crippen molar-refractivity contribution in [3.8, 4) is 0 Å². The highest BCUT2D eigenvalue weighted by Gasteiger charge is 2.58. The zero-order valence-electron chi connectivity index (χ0n) is 27.1. The number of Topliss-reactive ketones (excluding diaryl/α,β-unsaturated/α-hetero) is 1. The lowest BCUT2D eigenvalue weighted by Crippen LogP contribution is -2.57. The molecule has 4 atom stereocenters. The lowest BCUT2D eigenvalue weighted by Gasteiger charge is -2.50. The molecule has 296 valence electrons. The Labute approximate surface area is 313 Å². The molecule has 17 nitrogen and oxygen atoms in total. The minimum absolute atomic E-state index is 0.0283. The number of rotatable bonds is 17. The van der Waals surface area contributed by atoms with Crippen molar-refractivity contribution in [3.05, 3.63) is 66.1 Å². The number of benzene rings is 2. The highest BCUT2D eigenvalue weighted by Crippen LogP contribution is 2.53. The summed E-state index contributed by atoms with van der Waals surface area (Å²) in [6.45, 7) is 0. The number of hydrogen-bond donors (Lipinski definition) is 5. The molecule has 0 bridgehead atoms. The predicted molar refractivity (Wildman–Crippen MR) is 194 cm³/mol. The van der Waals surface area contributed by atoms with Crippen LogP contribution in [0.2, 0.25) is 0 Å². The van der Waals surface area contributed by atoms with Crippen LogP contribution < -0.4 is 0 Å². The van der Waals surface area contributed by atoms with Crippen molar-refractivity contribution < 1.29 is 74.6 Å². The largest absolute Gasteiger partial charge is 0.383 e. The second-order valence-corrected chi connectivity index (χ2v) is 22.8. The molecule has 2 aromatic carbocycles. The number of aliphatic hydroxyl groups is 1. The predicted octanol–water partition coefficient (Wildman–Crippen LogP) is 1.56. The molecule has 4 rings (SSSR count). The first-order valence-corrected chi connectivity index (χ1v) is 25.1. The maximum atomic E-state index is 14.8. The van der Waals surface area contributed by atoms with Gasteiger partial charge in [-0.05, 0) is 36.4 Å². The molecular weight excluding hydrogens is 850 g/mol. The second kappa shape index (κ2) is 16.1. The highest BCUT2D eigenvalue weighted by atomic mass is 32.2. The topological polar surface area (TPSA) is 294 Å². The summed E-state index contributed by atoms with van der Waals surface area (Å²) in [5.41, 5.74) is -3.94. The summed E-state index contributed by atoms with van der Waals surface area (Å²) >= 11 is 0.904. The van der Waals surface area contributed by atoms with Crippen LogP contribution in [-0.4, -0.2) is 120 Å². The van der Waals surface area contributed by atoms with Gasteiger partial charge in [-0.2, -0.15) is 57.2 Å². The van der Waals surface area contributed by atoms with Crippen molar-refractivity contribution in [1.29, 1.82) is 0 Å². The highest BCUT2D eigenvalue weighted by molar-refractivity contribution is 8.02. The standard InChI is InChI=1S/C28H34FNO16S7/c29-19-7-6-18-12-27(30(24(18)13-19)53(45,46)21-4-2-1-3-5-21)28(32)22(25(16-51(39,40)41)47-8-10-49(33,34)35)14-20(31)15-23(28)26(17-52(42,43)44)48-9-11-50(36,37)38/h1-7,12-13,22-23,25-26,32H,8-11,14-17H2,(H,33,34,35)(H,36,37,38)(H,39,40,41)(H,42,43,44). The lowest BCUT2D eigenvalue weighted by atomic mass is 9.64. The summed E-state index contributed by atoms with van der Waals surface area (Å²) < 4.78 is 179. The normalized spacial score (nSPS) is 21.8. The van der Waals surface area contributed by atoms with E-state index in [1.807, 2.05) is 0 Å². The number of fused-ring (bicyclic) bond motifs is 1. The number of hydrogen-bond acceptors (Lipinski definition) is 14. The fourth-order valence-electron chi connectivity index (χ4n) is 6.34. The van der Waals surface area contributed by atoms with Gasteiger partial charge in [-0.1, -0.05) is 18.2 Å². The minimum Gasteiger partial charge on any atom is -0.383 e. The molecule has 0 spiro atoms. The van der Waals surface area contributed by atoms with Gasteiger partial charge in [0.1, 0.15) is 17.2 Å². The second-order valence-electron chi connectivity index (χ2n) is 12.2. The quantitative estimate of drug-likeness (QED) is 0.120. The maximum absolute atomic E-state index is 14.8. The van der Waals surface area contributed by atoms with Gasteiger partial charge >= 0.3 is 0 Å². The van der Waals surface area contributed by atoms with Crippen molar-refractivity contribution in [1.82, 2.24) is 3.97 Å². The SMILES string of the molecule is O=C1CC(C(CS(=O)(=O)O)SCCS(=O)(=O)O)C(O)(c2cc3ccc(F)cc3n2S(=O)(=O)c2ccccc2)C(C(CS(=O)(=O)O)SCCS(=O)(=O)O)C1. The third kappa shape index (κ3) is 11.2. The van der Waals surface area contributed by atoms with E-state index in [0.29, 0.717) is 27.5 Å². The molecule has 25 heteroatoms. The summed E-state index contributed by atoms with van der Waals surface area (Å²) in [5, 5.41) is 9.80. The Bertz CT molecular complexity index is 2310. The van der Waals surface area contributed by atoms with Gasteiger partial charge in [-0.3, -0.25) is 23.0 Å². The van der Waals surface area contributed by atoms with Crippen LogP contribution in [0.4, 0.5) is 4.39 Å². The summed E-state index contributed by atoms with van der Waals surface area (Å²) in [6.07, 6.45) is -1.58. The van der Waals surface area contributed by atoms with Gasteiger partial charge in [-0.15, -0.1) is 0 Å². The van der Waals surface area contributed by atoms with E-state index < -0.39 is 148 Å². The van der Waals surface area contributed by atoms with Gasteiger partial charge in [0, 0.05) is 52.1 Å². The molecule has 1 fully saturated rings. The number of nitrogens with zero attached hydrogens (tertiary/aromatic N) is 1. The van der Waals surface area contributed by atoms with Gasteiger partial charge in [0.25, 0.3) is 50.5 Å². The molecule has 4 unspecified atom stereocenters. The first kappa shape index (κ1) is 43.6. The molecule has 0 radical (unpaired) electrons. The van der Waals surface area contributed by atoms with Gasteiger partial charge in [0.2, 0.25) is 0 Å². The molecule has 1 aromatic heterocycles. The van der Waals surface area contributed by atoms with Gasteiger partial charge in [0.05, 0.1) is 39.1 Å². The van der Waals surface area contributed by atoms with Crippen molar-refractivity contribution in [2.45, 2.75) is 33.8 Å². The average molecular weight is 884 g/mol. The molecule has 3 aromatic rings. The van der Waals surface area contributed by atoms with Crippen molar-refractivity contribution in [3.63, 3.8) is 0 Å². The third-order valence-electron chi connectivity index (χ3n) is 8.43. The Morgan fingerprint density at radius 2 is 1.19 bits per heavy atom. The number of ketones is 1. The van der Waals surface area contributed by atoms with Crippen molar-refractivity contribution >= 4 is 90.7 Å². The Morgan fingerprint density at radius 3 is 1.62 bits per heavy atom. The molecule has 1 heterocycles. The molecule has 1 aliphatic rings. The van der Waals surface area contributed by atoms with E-state index in [2.05, 4.69) is 0 Å². The lowest BCUT2D eigenvalue weighted by molar-refractivity contribution is -0.143. The molecule has 1 saturated carbocycles. The fourth-order valence-corrected chi connectivity index (χ4v) is 15.2. The zero-order chi connectivity index (χ0) is 39.8. The van der Waals surface area contributed by atoms with E-state index in [1.54, 1.807) is 0 Å². The van der Waals surface area contributed by atoms with Crippen LogP contribution in [0.25, 0.3) is 10.9 Å². The van der Waals surface area contributed by atoms with Gasteiger partial charge < -0.3 is 5.11 Å². The van der Waals surface area contributed by atoms with Crippen LogP contribution >= 0.6 is 23.5 Å². The van der Waals surface area contributed by atoms with Crippen LogP contribution in [0.3, 0.4) is 0 Å². The van der Waals surface area contributed by atoms with Crippen LogP contribution in [-0.2, 0) is 60.9 Å². The Balaban J connectivity index is 2.12. The molecule has 53 heavy (non-hydrogen) atoms. The Kier molecular flexibility index (Phi) is 13.3.